The van der Waals surface area contributed by atoms with Crippen LogP contribution in [0.3, 0.4) is 0 Å². The maximum absolute atomic E-state index is 5.84. The molecule has 0 fully saturated rings. The molecule has 124 valence electrons. The minimum atomic E-state index is 0.186. The number of H-pyrrole nitrogens is 1. The van der Waals surface area contributed by atoms with Gasteiger partial charge in [0.15, 0.2) is 23.0 Å². The van der Waals surface area contributed by atoms with E-state index < -0.39 is 0 Å². The third-order valence-electron chi connectivity index (χ3n) is 4.36. The zero-order valence-corrected chi connectivity index (χ0v) is 13.2. The molecule has 0 aliphatic carbocycles. The largest absolute Gasteiger partial charge is 0.493 e. The molecule has 2 aliphatic heterocycles. The number of nitrogens with one attached hydrogen (secondary N) is 1. The molecule has 0 radical (unpaired) electrons. The summed E-state index contributed by atoms with van der Waals surface area (Å²) in [6.45, 7) is 1.17. The van der Waals surface area contributed by atoms with Crippen LogP contribution in [0.5, 0.6) is 34.5 Å². The first-order chi connectivity index (χ1) is 11.8. The van der Waals surface area contributed by atoms with Gasteiger partial charge >= 0.3 is 0 Å². The maximum Gasteiger partial charge on any atom is 0.231 e. The highest BCUT2D eigenvalue weighted by atomic mass is 16.7. The summed E-state index contributed by atoms with van der Waals surface area (Å²) in [5.41, 5.74) is 1.66. The fourth-order valence-electron chi connectivity index (χ4n) is 3.34. The summed E-state index contributed by atoms with van der Waals surface area (Å²) in [6, 6.07) is 3.87. The predicted octanol–water partition coefficient (Wildman–Crippen LogP) is 2.84. The van der Waals surface area contributed by atoms with Gasteiger partial charge < -0.3 is 33.4 Å². The minimum absolute atomic E-state index is 0.186. The molecule has 0 saturated carbocycles. The predicted molar refractivity (Wildman–Crippen MR) is 86.0 cm³/mol. The van der Waals surface area contributed by atoms with Gasteiger partial charge in [-0.2, -0.15) is 0 Å². The van der Waals surface area contributed by atoms with Crippen LogP contribution in [0, 0.1) is 0 Å². The van der Waals surface area contributed by atoms with Crippen molar-refractivity contribution in [3.05, 3.63) is 12.1 Å². The van der Waals surface area contributed by atoms with Crippen molar-refractivity contribution in [2.75, 3.05) is 34.2 Å². The van der Waals surface area contributed by atoms with Gasteiger partial charge in [-0.05, 0) is 12.1 Å². The fourth-order valence-corrected chi connectivity index (χ4v) is 3.34. The summed E-state index contributed by atoms with van der Waals surface area (Å²) in [4.78, 5) is 3.39. The Morgan fingerprint density at radius 3 is 2.42 bits per heavy atom. The van der Waals surface area contributed by atoms with Crippen molar-refractivity contribution in [2.24, 2.45) is 0 Å². The Labute approximate surface area is 136 Å². The van der Waals surface area contributed by atoms with Crippen LogP contribution in [0.15, 0.2) is 12.1 Å². The Hall–Kier alpha value is -2.96. The second kappa shape index (κ2) is 4.77. The molecule has 0 spiro atoms. The number of benzene rings is 2. The molecule has 0 bridgehead atoms. The highest BCUT2D eigenvalue weighted by Crippen LogP contribution is 2.52. The van der Waals surface area contributed by atoms with Crippen molar-refractivity contribution in [2.45, 2.75) is 0 Å². The smallest absolute Gasteiger partial charge is 0.231 e. The lowest BCUT2D eigenvalue weighted by Gasteiger charge is -2.21. The van der Waals surface area contributed by atoms with Crippen LogP contribution < -0.4 is 28.4 Å². The van der Waals surface area contributed by atoms with Gasteiger partial charge in [-0.25, -0.2) is 0 Å². The van der Waals surface area contributed by atoms with Crippen molar-refractivity contribution in [3.63, 3.8) is 0 Å². The van der Waals surface area contributed by atoms with Gasteiger partial charge in [0, 0.05) is 10.8 Å². The zero-order valence-electron chi connectivity index (χ0n) is 13.2. The molecule has 0 saturated heterocycles. The van der Waals surface area contributed by atoms with Crippen molar-refractivity contribution in [3.8, 4) is 34.5 Å². The number of hydrogen-bond donors (Lipinski definition) is 1. The van der Waals surface area contributed by atoms with Crippen LogP contribution in [0.25, 0.3) is 21.8 Å². The second-order valence-corrected chi connectivity index (χ2v) is 5.55. The zero-order chi connectivity index (χ0) is 16.3. The number of methoxy groups -OCH3 is 2. The van der Waals surface area contributed by atoms with Crippen LogP contribution in [0.4, 0.5) is 0 Å². The molecule has 1 aromatic heterocycles. The minimum Gasteiger partial charge on any atom is -0.493 e. The van der Waals surface area contributed by atoms with Crippen LogP contribution in [0.1, 0.15) is 0 Å². The van der Waals surface area contributed by atoms with Gasteiger partial charge in [-0.15, -0.1) is 0 Å². The lowest BCUT2D eigenvalue weighted by Crippen LogP contribution is -2.16. The van der Waals surface area contributed by atoms with Crippen molar-refractivity contribution >= 4 is 21.8 Å². The average Bonchev–Trinajstić information content (AvgIpc) is 3.23. The number of ether oxygens (including phenoxy) is 6. The van der Waals surface area contributed by atoms with Crippen LogP contribution >= 0.6 is 0 Å². The lowest BCUT2D eigenvalue weighted by atomic mass is 10.1. The number of fused-ring (bicyclic) bond motifs is 6. The summed E-state index contributed by atoms with van der Waals surface area (Å²) >= 11 is 0. The second-order valence-electron chi connectivity index (χ2n) is 5.55. The molecular formula is C17H15NO6. The molecule has 1 N–H and O–H groups in total. The first-order valence-corrected chi connectivity index (χ1v) is 7.60. The van der Waals surface area contributed by atoms with Crippen molar-refractivity contribution in [1.82, 2.24) is 4.98 Å². The number of hydrogen-bond acceptors (Lipinski definition) is 6. The van der Waals surface area contributed by atoms with Gasteiger partial charge in [0.05, 0.1) is 25.3 Å². The van der Waals surface area contributed by atoms with E-state index in [1.165, 1.54) is 0 Å². The van der Waals surface area contributed by atoms with Crippen LogP contribution in [0.2, 0.25) is 0 Å². The SMILES string of the molecule is COc1cc2c([nH]c3c(OC)c4c(cc32)OCO4)c2c1OCCO2. The van der Waals surface area contributed by atoms with E-state index in [2.05, 4.69) is 4.98 Å². The Balaban J connectivity index is 1.92. The van der Waals surface area contributed by atoms with Gasteiger partial charge in [-0.1, -0.05) is 0 Å². The fraction of sp³-hybridized carbons (Fsp3) is 0.294. The maximum atomic E-state index is 5.84. The Morgan fingerprint density at radius 1 is 0.833 bits per heavy atom. The molecule has 2 aliphatic rings. The highest BCUT2D eigenvalue weighted by Gasteiger charge is 2.28. The van der Waals surface area contributed by atoms with Crippen LogP contribution in [-0.4, -0.2) is 39.2 Å². The van der Waals surface area contributed by atoms with E-state index in [-0.39, 0.29) is 6.79 Å². The van der Waals surface area contributed by atoms with Gasteiger partial charge in [-0.3, -0.25) is 0 Å². The number of rotatable bonds is 2. The summed E-state index contributed by atoms with van der Waals surface area (Å²) in [5.74, 6) is 3.77. The molecule has 7 heteroatoms. The Bertz CT molecular complexity index is 977. The van der Waals surface area contributed by atoms with Crippen LogP contribution in [-0.2, 0) is 0 Å². The molecular weight excluding hydrogens is 314 g/mol. The first-order valence-electron chi connectivity index (χ1n) is 7.60. The quantitative estimate of drug-likeness (QED) is 0.779. The number of aromatic nitrogens is 1. The summed E-state index contributed by atoms with van der Waals surface area (Å²) in [5, 5.41) is 1.89. The van der Waals surface area contributed by atoms with Gasteiger partial charge in [0.25, 0.3) is 0 Å². The summed E-state index contributed by atoms with van der Waals surface area (Å²) in [6.07, 6.45) is 0. The van der Waals surface area contributed by atoms with E-state index in [0.29, 0.717) is 47.7 Å². The standard InChI is InChI=1S/C17H15NO6/c1-19-10-5-8-9-6-11-15(24-7-23-11)16(20-2)12(9)18-13(8)17-14(10)21-3-4-22-17/h5-6,18H,3-4,7H2,1-2H3. The molecule has 5 rings (SSSR count). The molecule has 0 atom stereocenters. The third-order valence-corrected chi connectivity index (χ3v) is 4.36. The van der Waals surface area contributed by atoms with E-state index in [9.17, 15) is 0 Å². The lowest BCUT2D eigenvalue weighted by molar-refractivity contribution is 0.167. The van der Waals surface area contributed by atoms with E-state index in [0.717, 1.165) is 21.8 Å². The third kappa shape index (κ3) is 1.61. The molecule has 3 heterocycles. The summed E-state index contributed by atoms with van der Waals surface area (Å²) < 4.78 is 33.7. The van der Waals surface area contributed by atoms with E-state index in [1.54, 1.807) is 14.2 Å². The first kappa shape index (κ1) is 13.5. The van der Waals surface area contributed by atoms with Gasteiger partial charge in [0.1, 0.15) is 13.2 Å². The Morgan fingerprint density at radius 2 is 1.62 bits per heavy atom. The normalized spacial score (nSPS) is 15.1. The number of aromatic amines is 1. The van der Waals surface area contributed by atoms with Crippen molar-refractivity contribution < 1.29 is 28.4 Å². The van der Waals surface area contributed by atoms with E-state index in [4.69, 9.17) is 28.4 Å². The molecule has 0 unspecified atom stereocenters. The molecule has 3 aromatic rings. The molecule has 24 heavy (non-hydrogen) atoms. The Kier molecular flexibility index (Phi) is 2.68. The van der Waals surface area contributed by atoms with Crippen molar-refractivity contribution in [1.29, 1.82) is 0 Å². The highest BCUT2D eigenvalue weighted by molar-refractivity contribution is 6.13. The topological polar surface area (TPSA) is 71.2 Å². The van der Waals surface area contributed by atoms with E-state index >= 15 is 0 Å². The van der Waals surface area contributed by atoms with E-state index in [1.807, 2.05) is 12.1 Å². The monoisotopic (exact) mass is 329 g/mol. The van der Waals surface area contributed by atoms with Gasteiger partial charge in [0.2, 0.25) is 18.3 Å². The molecule has 7 nitrogen and oxygen atoms in total. The summed E-state index contributed by atoms with van der Waals surface area (Å²) in [7, 11) is 3.22. The molecule has 0 amide bonds. The molecule has 2 aromatic carbocycles. The average molecular weight is 329 g/mol.